The van der Waals surface area contributed by atoms with Crippen molar-refractivity contribution in [3.05, 3.63) is 53.6 Å². The number of urea groups is 1. The largest absolute Gasteiger partial charge is 0.433 e. The van der Waals surface area contributed by atoms with Crippen molar-refractivity contribution in [2.24, 2.45) is 0 Å². The highest BCUT2D eigenvalue weighted by Crippen LogP contribution is 2.49. The van der Waals surface area contributed by atoms with Gasteiger partial charge in [-0.3, -0.25) is 9.52 Å². The van der Waals surface area contributed by atoms with Crippen LogP contribution < -0.4 is 20.3 Å². The molecule has 0 spiro atoms. The zero-order valence-electron chi connectivity index (χ0n) is 18.9. The predicted octanol–water partition coefficient (Wildman–Crippen LogP) is 4.46. The number of carbonyl (C=O) groups is 2. The van der Waals surface area contributed by atoms with E-state index in [1.54, 1.807) is 12.1 Å². The number of anilines is 2. The van der Waals surface area contributed by atoms with E-state index >= 15 is 4.39 Å². The van der Waals surface area contributed by atoms with E-state index in [2.05, 4.69) is 20.3 Å². The number of aromatic nitrogens is 1. The van der Waals surface area contributed by atoms with E-state index in [1.165, 1.54) is 22.9 Å². The van der Waals surface area contributed by atoms with Gasteiger partial charge in [0.05, 0.1) is 11.9 Å². The SMILES string of the molecule is CSNCC1(c2ccc(N3CCCC(NC(=O)Nc4ccc(C(F)(F)F)nc4)C3=O)cc2F)CC1. The Balaban J connectivity index is 1.39. The minimum absolute atomic E-state index is 0.0539. The minimum atomic E-state index is -4.58. The Kier molecular flexibility index (Phi) is 7.22. The molecule has 1 aliphatic heterocycles. The third-order valence-corrected chi connectivity index (χ3v) is 6.73. The summed E-state index contributed by atoms with van der Waals surface area (Å²) in [5, 5.41) is 4.93. The van der Waals surface area contributed by atoms with Crippen molar-refractivity contribution >= 4 is 35.3 Å². The Morgan fingerprint density at radius 2 is 2.03 bits per heavy atom. The Labute approximate surface area is 204 Å². The molecule has 2 heterocycles. The maximum atomic E-state index is 15.0. The lowest BCUT2D eigenvalue weighted by atomic mass is 9.94. The molecule has 188 valence electrons. The van der Waals surface area contributed by atoms with Gasteiger partial charge >= 0.3 is 12.2 Å². The second-order valence-electron chi connectivity index (χ2n) is 8.68. The van der Waals surface area contributed by atoms with E-state index in [4.69, 9.17) is 0 Å². The molecule has 2 aliphatic rings. The highest BCUT2D eigenvalue weighted by Gasteiger charge is 2.46. The first kappa shape index (κ1) is 25.2. The molecule has 7 nitrogen and oxygen atoms in total. The van der Waals surface area contributed by atoms with Crippen molar-refractivity contribution in [3.63, 3.8) is 0 Å². The highest BCUT2D eigenvalue weighted by molar-refractivity contribution is 7.96. The van der Waals surface area contributed by atoms with Gasteiger partial charge in [0.1, 0.15) is 17.6 Å². The van der Waals surface area contributed by atoms with Gasteiger partial charge in [-0.25, -0.2) is 14.2 Å². The molecule has 0 radical (unpaired) electrons. The molecule has 12 heteroatoms. The molecule has 1 saturated carbocycles. The Morgan fingerprint density at radius 1 is 1.26 bits per heavy atom. The first-order chi connectivity index (χ1) is 16.6. The zero-order valence-corrected chi connectivity index (χ0v) is 19.7. The fourth-order valence-corrected chi connectivity index (χ4v) is 4.65. The molecule has 0 bridgehead atoms. The van der Waals surface area contributed by atoms with Crippen molar-refractivity contribution in [2.75, 3.05) is 29.6 Å². The summed E-state index contributed by atoms with van der Waals surface area (Å²) in [6, 6.07) is 5.06. The number of hydrogen-bond acceptors (Lipinski definition) is 5. The van der Waals surface area contributed by atoms with Gasteiger partial charge in [0.25, 0.3) is 0 Å². The number of nitrogens with zero attached hydrogens (tertiary/aromatic N) is 2. The van der Waals surface area contributed by atoms with Crippen LogP contribution in [0.3, 0.4) is 0 Å². The molecule has 3 amide bonds. The normalized spacial score (nSPS) is 19.4. The Bertz CT molecular complexity index is 1090. The van der Waals surface area contributed by atoms with Gasteiger partial charge in [-0.1, -0.05) is 18.0 Å². The first-order valence-electron chi connectivity index (χ1n) is 11.1. The van der Waals surface area contributed by atoms with Crippen molar-refractivity contribution in [1.82, 2.24) is 15.0 Å². The summed E-state index contributed by atoms with van der Waals surface area (Å²) >= 11 is 1.49. The third kappa shape index (κ3) is 5.69. The fraction of sp³-hybridized carbons (Fsp3) is 0.435. The molecule has 1 atom stereocenters. The van der Waals surface area contributed by atoms with Gasteiger partial charge < -0.3 is 15.5 Å². The van der Waals surface area contributed by atoms with Gasteiger partial charge in [0.15, 0.2) is 0 Å². The van der Waals surface area contributed by atoms with E-state index < -0.39 is 23.9 Å². The molecule has 35 heavy (non-hydrogen) atoms. The quantitative estimate of drug-likeness (QED) is 0.378. The number of pyridine rings is 1. The van der Waals surface area contributed by atoms with E-state index in [0.29, 0.717) is 37.2 Å². The molecule has 1 aromatic heterocycles. The fourth-order valence-electron chi connectivity index (χ4n) is 4.23. The summed E-state index contributed by atoms with van der Waals surface area (Å²) in [4.78, 5) is 30.1. The molecule has 4 rings (SSSR count). The standard InChI is InChI=1S/C23H25F4N5O2S/c1-35-29-13-22(8-9-22)16-6-5-15(11-17(16)24)32-10-2-3-18(20(32)33)31-21(34)30-14-4-7-19(28-12-14)23(25,26)27/h4-7,11-12,18,29H,2-3,8-10,13H2,1H3,(H2,30,31,34). The zero-order chi connectivity index (χ0) is 25.2. The van der Waals surface area contributed by atoms with Crippen molar-refractivity contribution in [3.8, 4) is 0 Å². The number of amides is 3. The van der Waals surface area contributed by atoms with Crippen LogP contribution in [0.15, 0.2) is 36.5 Å². The summed E-state index contributed by atoms with van der Waals surface area (Å²) in [7, 11) is 0. The summed E-state index contributed by atoms with van der Waals surface area (Å²) < 4.78 is 56.1. The number of carbonyl (C=O) groups excluding carboxylic acids is 2. The number of piperidine rings is 1. The van der Waals surface area contributed by atoms with Gasteiger partial charge in [0.2, 0.25) is 5.91 Å². The van der Waals surface area contributed by atoms with E-state index in [0.717, 1.165) is 31.2 Å². The maximum Gasteiger partial charge on any atom is 0.433 e. The number of hydrogen-bond donors (Lipinski definition) is 3. The van der Waals surface area contributed by atoms with Crippen LogP contribution in [-0.4, -0.2) is 42.3 Å². The molecule has 1 aliphatic carbocycles. The number of rotatable bonds is 7. The Morgan fingerprint density at radius 3 is 2.63 bits per heavy atom. The molecular formula is C23H25F4N5O2S. The average Bonchev–Trinajstić information content (AvgIpc) is 3.59. The number of halogens is 4. The monoisotopic (exact) mass is 511 g/mol. The van der Waals surface area contributed by atoms with Crippen LogP contribution in [0, 0.1) is 5.82 Å². The van der Waals surface area contributed by atoms with Gasteiger partial charge in [-0.15, -0.1) is 0 Å². The molecule has 3 N–H and O–H groups in total. The molecular weight excluding hydrogens is 486 g/mol. The van der Waals surface area contributed by atoms with Crippen molar-refractivity contribution in [1.29, 1.82) is 0 Å². The number of alkyl halides is 3. The lowest BCUT2D eigenvalue weighted by Crippen LogP contribution is -2.53. The van der Waals surface area contributed by atoms with E-state index in [9.17, 15) is 22.8 Å². The lowest BCUT2D eigenvalue weighted by Gasteiger charge is -2.33. The average molecular weight is 512 g/mol. The third-order valence-electron chi connectivity index (χ3n) is 6.30. The summed E-state index contributed by atoms with van der Waals surface area (Å²) in [6.45, 7) is 1.06. The maximum absolute atomic E-state index is 15.0. The van der Waals surface area contributed by atoms with Crippen LogP contribution in [0.2, 0.25) is 0 Å². The highest BCUT2D eigenvalue weighted by atomic mass is 32.2. The van der Waals surface area contributed by atoms with Gasteiger partial charge in [-0.05, 0) is 61.8 Å². The lowest BCUT2D eigenvalue weighted by molar-refractivity contribution is -0.141. The van der Waals surface area contributed by atoms with Crippen LogP contribution in [0.4, 0.5) is 33.7 Å². The molecule has 2 fully saturated rings. The summed E-state index contributed by atoms with van der Waals surface area (Å²) in [6.07, 6.45) is 0.998. The second-order valence-corrected chi connectivity index (χ2v) is 9.38. The topological polar surface area (TPSA) is 86.4 Å². The van der Waals surface area contributed by atoms with Gasteiger partial charge in [-0.2, -0.15) is 13.2 Å². The van der Waals surface area contributed by atoms with Crippen LogP contribution in [0.25, 0.3) is 0 Å². The molecule has 1 aromatic carbocycles. The van der Waals surface area contributed by atoms with Crippen LogP contribution >= 0.6 is 11.9 Å². The number of benzene rings is 1. The summed E-state index contributed by atoms with van der Waals surface area (Å²) in [5.41, 5.74) is -0.186. The molecule has 1 unspecified atom stereocenters. The van der Waals surface area contributed by atoms with E-state index in [-0.39, 0.29) is 22.8 Å². The van der Waals surface area contributed by atoms with E-state index in [1.807, 2.05) is 6.26 Å². The van der Waals surface area contributed by atoms with Crippen LogP contribution in [0.1, 0.15) is 36.9 Å². The Hall–Kier alpha value is -2.86. The second kappa shape index (κ2) is 10.0. The van der Waals surface area contributed by atoms with Gasteiger partial charge in [0, 0.05) is 24.2 Å². The predicted molar refractivity (Wildman–Crippen MR) is 126 cm³/mol. The number of nitrogens with one attached hydrogen (secondary N) is 3. The summed E-state index contributed by atoms with van der Waals surface area (Å²) in [5.74, 6) is -0.743. The van der Waals surface area contributed by atoms with Crippen molar-refractivity contribution < 1.29 is 27.2 Å². The molecule has 1 saturated heterocycles. The smallest absolute Gasteiger partial charge is 0.326 e. The molecule has 2 aromatic rings. The minimum Gasteiger partial charge on any atom is -0.326 e. The van der Waals surface area contributed by atoms with Crippen LogP contribution in [0.5, 0.6) is 0 Å². The van der Waals surface area contributed by atoms with Crippen LogP contribution in [-0.2, 0) is 16.4 Å². The van der Waals surface area contributed by atoms with Crippen molar-refractivity contribution in [2.45, 2.75) is 43.3 Å². The first-order valence-corrected chi connectivity index (χ1v) is 12.3.